The minimum atomic E-state index is 0.0952. The Morgan fingerprint density at radius 2 is 2.33 bits per heavy atom. The Labute approximate surface area is 81.4 Å². The van der Waals surface area contributed by atoms with Crippen LogP contribution >= 0.6 is 15.9 Å². The van der Waals surface area contributed by atoms with Crippen LogP contribution in [-0.4, -0.2) is 25.7 Å². The van der Waals surface area contributed by atoms with E-state index in [-0.39, 0.29) is 6.10 Å². The summed E-state index contributed by atoms with van der Waals surface area (Å²) >= 11 is 3.40. The van der Waals surface area contributed by atoms with E-state index in [0.29, 0.717) is 0 Å². The highest BCUT2D eigenvalue weighted by Crippen LogP contribution is 2.21. The van der Waals surface area contributed by atoms with E-state index in [1.54, 1.807) is 14.2 Å². The van der Waals surface area contributed by atoms with Gasteiger partial charge in [-0.15, -0.1) is 0 Å². The SMILES string of the molecule is COC1=CC(CBr)=CCC1OC. The molecule has 1 aliphatic rings. The molecule has 0 saturated carbocycles. The van der Waals surface area contributed by atoms with Gasteiger partial charge in [-0.25, -0.2) is 0 Å². The Morgan fingerprint density at radius 1 is 1.58 bits per heavy atom. The molecule has 0 fully saturated rings. The quantitative estimate of drug-likeness (QED) is 0.696. The zero-order chi connectivity index (χ0) is 8.97. The maximum atomic E-state index is 5.23. The predicted octanol–water partition coefficient (Wildman–Crippen LogP) is 2.26. The molecule has 0 bridgehead atoms. The van der Waals surface area contributed by atoms with Gasteiger partial charge in [0.1, 0.15) is 11.9 Å². The molecule has 0 aliphatic heterocycles. The summed E-state index contributed by atoms with van der Waals surface area (Å²) in [5, 5.41) is 0.871. The van der Waals surface area contributed by atoms with Crippen molar-refractivity contribution in [1.82, 2.24) is 0 Å². The van der Waals surface area contributed by atoms with Crippen molar-refractivity contribution in [3.8, 4) is 0 Å². The van der Waals surface area contributed by atoms with Gasteiger partial charge in [-0.3, -0.25) is 0 Å². The highest BCUT2D eigenvalue weighted by atomic mass is 79.9. The molecule has 68 valence electrons. The summed E-state index contributed by atoms with van der Waals surface area (Å²) in [6, 6.07) is 0. The highest BCUT2D eigenvalue weighted by Gasteiger charge is 2.17. The maximum Gasteiger partial charge on any atom is 0.125 e. The van der Waals surface area contributed by atoms with E-state index in [9.17, 15) is 0 Å². The monoisotopic (exact) mass is 232 g/mol. The van der Waals surface area contributed by atoms with Gasteiger partial charge in [-0.2, -0.15) is 0 Å². The minimum absolute atomic E-state index is 0.0952. The third-order valence-corrected chi connectivity index (χ3v) is 2.56. The lowest BCUT2D eigenvalue weighted by atomic mass is 10.0. The summed E-state index contributed by atoms with van der Waals surface area (Å²) in [6.07, 6.45) is 5.17. The van der Waals surface area contributed by atoms with Crippen LogP contribution in [-0.2, 0) is 9.47 Å². The van der Waals surface area contributed by atoms with Gasteiger partial charge in [0, 0.05) is 12.4 Å². The van der Waals surface area contributed by atoms with Gasteiger partial charge in [-0.05, 0) is 18.1 Å². The molecule has 3 heteroatoms. The molecule has 0 N–H and O–H groups in total. The second kappa shape index (κ2) is 4.67. The number of hydrogen-bond acceptors (Lipinski definition) is 2. The third-order valence-electron chi connectivity index (χ3n) is 1.91. The summed E-state index contributed by atoms with van der Waals surface area (Å²) < 4.78 is 10.4. The Morgan fingerprint density at radius 3 is 2.83 bits per heavy atom. The molecule has 0 aromatic heterocycles. The number of alkyl halides is 1. The first-order valence-electron chi connectivity index (χ1n) is 3.85. The first kappa shape index (κ1) is 9.81. The smallest absolute Gasteiger partial charge is 0.125 e. The number of hydrogen-bond donors (Lipinski definition) is 0. The van der Waals surface area contributed by atoms with Crippen molar-refractivity contribution in [1.29, 1.82) is 0 Å². The topological polar surface area (TPSA) is 18.5 Å². The third kappa shape index (κ3) is 2.11. The molecule has 1 aliphatic carbocycles. The van der Waals surface area contributed by atoms with E-state index in [1.807, 2.05) is 6.08 Å². The van der Waals surface area contributed by atoms with Gasteiger partial charge >= 0.3 is 0 Å². The zero-order valence-corrected chi connectivity index (χ0v) is 8.93. The Hall–Kier alpha value is -0.280. The Bertz CT molecular complexity index is 209. The average molecular weight is 233 g/mol. The minimum Gasteiger partial charge on any atom is -0.498 e. The van der Waals surface area contributed by atoms with Gasteiger partial charge in [0.15, 0.2) is 0 Å². The van der Waals surface area contributed by atoms with Crippen LogP contribution in [0.25, 0.3) is 0 Å². The summed E-state index contributed by atoms with van der Waals surface area (Å²) in [6.45, 7) is 0. The van der Waals surface area contributed by atoms with E-state index < -0.39 is 0 Å². The van der Waals surface area contributed by atoms with Crippen LogP contribution in [0.5, 0.6) is 0 Å². The Balaban J connectivity index is 2.71. The van der Waals surface area contributed by atoms with Crippen LogP contribution in [0.15, 0.2) is 23.5 Å². The number of allylic oxidation sites excluding steroid dienone is 2. The highest BCUT2D eigenvalue weighted by molar-refractivity contribution is 9.09. The molecule has 0 saturated heterocycles. The fourth-order valence-electron chi connectivity index (χ4n) is 1.21. The van der Waals surface area contributed by atoms with E-state index in [2.05, 4.69) is 22.0 Å². The van der Waals surface area contributed by atoms with Crippen molar-refractivity contribution >= 4 is 15.9 Å². The van der Waals surface area contributed by atoms with Crippen molar-refractivity contribution in [2.24, 2.45) is 0 Å². The molecule has 1 rings (SSSR count). The lowest BCUT2D eigenvalue weighted by molar-refractivity contribution is 0.0791. The van der Waals surface area contributed by atoms with Crippen LogP contribution < -0.4 is 0 Å². The van der Waals surface area contributed by atoms with Crippen LogP contribution in [0, 0.1) is 0 Å². The normalized spacial score (nSPS) is 23.1. The second-order valence-corrected chi connectivity index (χ2v) is 3.18. The predicted molar refractivity (Wildman–Crippen MR) is 52.4 cm³/mol. The number of rotatable bonds is 3. The lowest BCUT2D eigenvalue weighted by Crippen LogP contribution is -2.17. The lowest BCUT2D eigenvalue weighted by Gasteiger charge is -2.20. The van der Waals surface area contributed by atoms with Crippen molar-refractivity contribution in [2.75, 3.05) is 19.5 Å². The molecule has 2 nitrogen and oxygen atoms in total. The molecule has 0 aromatic rings. The fourth-order valence-corrected chi connectivity index (χ4v) is 1.60. The van der Waals surface area contributed by atoms with Crippen molar-refractivity contribution in [3.05, 3.63) is 23.5 Å². The van der Waals surface area contributed by atoms with Gasteiger partial charge in [0.05, 0.1) is 7.11 Å². The standard InChI is InChI=1S/C9H13BrO2/c1-11-8-4-3-7(6-10)5-9(8)12-2/h3,5,8H,4,6H2,1-2H3. The van der Waals surface area contributed by atoms with Gasteiger partial charge < -0.3 is 9.47 Å². The average Bonchev–Trinajstić information content (AvgIpc) is 2.16. The van der Waals surface area contributed by atoms with E-state index in [1.165, 1.54) is 5.57 Å². The molecule has 0 radical (unpaired) electrons. The molecule has 12 heavy (non-hydrogen) atoms. The van der Waals surface area contributed by atoms with Crippen LogP contribution in [0.4, 0.5) is 0 Å². The molecule has 1 atom stereocenters. The van der Waals surface area contributed by atoms with Gasteiger partial charge in [0.2, 0.25) is 0 Å². The van der Waals surface area contributed by atoms with E-state index in [0.717, 1.165) is 17.5 Å². The van der Waals surface area contributed by atoms with E-state index >= 15 is 0 Å². The molecule has 0 spiro atoms. The first-order valence-corrected chi connectivity index (χ1v) is 4.97. The molecule has 1 unspecified atom stereocenters. The number of halogens is 1. The summed E-state index contributed by atoms with van der Waals surface area (Å²) in [4.78, 5) is 0. The van der Waals surface area contributed by atoms with Gasteiger partial charge in [-0.1, -0.05) is 22.0 Å². The van der Waals surface area contributed by atoms with Crippen molar-refractivity contribution < 1.29 is 9.47 Å². The second-order valence-electron chi connectivity index (χ2n) is 2.62. The largest absolute Gasteiger partial charge is 0.498 e. The molecule has 0 aromatic carbocycles. The van der Waals surface area contributed by atoms with E-state index in [4.69, 9.17) is 9.47 Å². The molecule has 0 heterocycles. The molecular weight excluding hydrogens is 220 g/mol. The maximum absolute atomic E-state index is 5.23. The molecular formula is C9H13BrO2. The van der Waals surface area contributed by atoms with Crippen molar-refractivity contribution in [3.63, 3.8) is 0 Å². The fraction of sp³-hybridized carbons (Fsp3) is 0.556. The van der Waals surface area contributed by atoms with Crippen LogP contribution in [0.1, 0.15) is 6.42 Å². The summed E-state index contributed by atoms with van der Waals surface area (Å²) in [5.74, 6) is 0.912. The Kier molecular flexibility index (Phi) is 3.82. The summed E-state index contributed by atoms with van der Waals surface area (Å²) in [7, 11) is 3.37. The summed E-state index contributed by atoms with van der Waals surface area (Å²) in [5.41, 5.74) is 1.25. The number of ether oxygens (including phenoxy) is 2. The molecule has 0 amide bonds. The van der Waals surface area contributed by atoms with Crippen molar-refractivity contribution in [2.45, 2.75) is 12.5 Å². The van der Waals surface area contributed by atoms with Crippen LogP contribution in [0.2, 0.25) is 0 Å². The number of methoxy groups -OCH3 is 2. The van der Waals surface area contributed by atoms with Crippen LogP contribution in [0.3, 0.4) is 0 Å². The zero-order valence-electron chi connectivity index (χ0n) is 7.34. The van der Waals surface area contributed by atoms with Gasteiger partial charge in [0.25, 0.3) is 0 Å². The first-order chi connectivity index (χ1) is 5.81.